The highest BCUT2D eigenvalue weighted by Crippen LogP contribution is 2.44. The van der Waals surface area contributed by atoms with Crippen LogP contribution < -0.4 is 5.32 Å². The van der Waals surface area contributed by atoms with Crippen molar-refractivity contribution in [3.05, 3.63) is 59.7 Å². The standard InChI is InChI=1S/C27H30N2O5/c1-16-13-29(14-22(16)26(31)32)25(30)24(17-7-6-8-17)28-27(33)34-15-23-20-11-4-2-9-18(20)19-10-3-5-12-21(19)23/h2-5,9-12,16-17,22-24H,6-8,13-15H2,1H3,(H,28,33)(H,31,32)/t16-,22-,24?/m1/s1. The van der Waals surface area contributed by atoms with Gasteiger partial charge in [0.15, 0.2) is 0 Å². The van der Waals surface area contributed by atoms with E-state index < -0.39 is 24.0 Å². The van der Waals surface area contributed by atoms with E-state index in [0.717, 1.165) is 41.5 Å². The van der Waals surface area contributed by atoms with Crippen LogP contribution in [0.3, 0.4) is 0 Å². The van der Waals surface area contributed by atoms with Crippen LogP contribution >= 0.6 is 0 Å². The van der Waals surface area contributed by atoms with Crippen molar-refractivity contribution in [2.75, 3.05) is 19.7 Å². The van der Waals surface area contributed by atoms with Crippen molar-refractivity contribution in [1.29, 1.82) is 0 Å². The number of hydrogen-bond acceptors (Lipinski definition) is 4. The number of hydrogen-bond donors (Lipinski definition) is 2. The van der Waals surface area contributed by atoms with Gasteiger partial charge in [-0.1, -0.05) is 61.9 Å². The van der Waals surface area contributed by atoms with E-state index >= 15 is 0 Å². The van der Waals surface area contributed by atoms with Crippen molar-refractivity contribution in [2.24, 2.45) is 17.8 Å². The van der Waals surface area contributed by atoms with E-state index in [1.54, 1.807) is 4.90 Å². The largest absolute Gasteiger partial charge is 0.481 e. The third-order valence-corrected chi connectivity index (χ3v) is 7.75. The van der Waals surface area contributed by atoms with Crippen molar-refractivity contribution in [2.45, 2.75) is 38.1 Å². The molecule has 2 N–H and O–H groups in total. The number of carbonyl (C=O) groups excluding carboxylic acids is 2. The summed E-state index contributed by atoms with van der Waals surface area (Å²) in [6.45, 7) is 2.62. The third kappa shape index (κ3) is 4.04. The molecular formula is C27H30N2O5. The predicted molar refractivity (Wildman–Crippen MR) is 126 cm³/mol. The molecule has 0 bridgehead atoms. The number of rotatable bonds is 6. The third-order valence-electron chi connectivity index (χ3n) is 7.75. The van der Waals surface area contributed by atoms with Crippen LogP contribution in [0.2, 0.25) is 0 Å². The van der Waals surface area contributed by atoms with Crippen LogP contribution in [0.4, 0.5) is 4.79 Å². The second kappa shape index (κ2) is 9.12. The average Bonchev–Trinajstić information content (AvgIpc) is 3.34. The maximum Gasteiger partial charge on any atom is 0.407 e. The van der Waals surface area contributed by atoms with Crippen molar-refractivity contribution < 1.29 is 24.2 Å². The second-order valence-corrected chi connectivity index (χ2v) is 9.80. The summed E-state index contributed by atoms with van der Waals surface area (Å²) < 4.78 is 5.67. The Labute approximate surface area is 199 Å². The summed E-state index contributed by atoms with van der Waals surface area (Å²) in [6, 6.07) is 15.6. The lowest BCUT2D eigenvalue weighted by Gasteiger charge is -2.35. The first-order valence-corrected chi connectivity index (χ1v) is 12.1. The monoisotopic (exact) mass is 462 g/mol. The summed E-state index contributed by atoms with van der Waals surface area (Å²) in [5, 5.41) is 12.2. The number of amides is 2. The molecule has 1 aliphatic heterocycles. The number of carboxylic acid groups (broad SMARTS) is 1. The molecular weight excluding hydrogens is 432 g/mol. The van der Waals surface area contributed by atoms with Crippen molar-refractivity contribution in [1.82, 2.24) is 10.2 Å². The van der Waals surface area contributed by atoms with Gasteiger partial charge in [0.05, 0.1) is 5.92 Å². The zero-order valence-electron chi connectivity index (χ0n) is 19.3. The summed E-state index contributed by atoms with van der Waals surface area (Å²) in [6.07, 6.45) is 2.15. The Morgan fingerprint density at radius 3 is 2.18 bits per heavy atom. The van der Waals surface area contributed by atoms with Gasteiger partial charge in [-0.3, -0.25) is 9.59 Å². The molecule has 2 fully saturated rings. The summed E-state index contributed by atoms with van der Waals surface area (Å²) in [5.74, 6) is -1.75. The predicted octanol–water partition coefficient (Wildman–Crippen LogP) is 3.87. The molecule has 2 aliphatic carbocycles. The lowest BCUT2D eigenvalue weighted by molar-refractivity contribution is -0.142. The molecule has 0 aromatic heterocycles. The molecule has 2 amide bonds. The fourth-order valence-corrected chi connectivity index (χ4v) is 5.59. The molecule has 5 rings (SSSR count). The second-order valence-electron chi connectivity index (χ2n) is 9.80. The van der Waals surface area contributed by atoms with Gasteiger partial charge in [-0.25, -0.2) is 4.79 Å². The smallest absolute Gasteiger partial charge is 0.407 e. The Hall–Kier alpha value is -3.35. The maximum atomic E-state index is 13.3. The highest BCUT2D eigenvalue weighted by atomic mass is 16.5. The molecule has 3 atom stereocenters. The molecule has 3 aliphatic rings. The van der Waals surface area contributed by atoms with Gasteiger partial charge in [0.2, 0.25) is 5.91 Å². The summed E-state index contributed by atoms with van der Waals surface area (Å²) in [5.41, 5.74) is 4.58. The van der Waals surface area contributed by atoms with Crippen molar-refractivity contribution in [3.63, 3.8) is 0 Å². The van der Waals surface area contributed by atoms with Crippen LogP contribution in [0.5, 0.6) is 0 Å². The summed E-state index contributed by atoms with van der Waals surface area (Å²) in [7, 11) is 0. The maximum absolute atomic E-state index is 13.3. The van der Waals surface area contributed by atoms with E-state index in [2.05, 4.69) is 29.6 Å². The molecule has 2 aromatic carbocycles. The van der Waals surface area contributed by atoms with Gasteiger partial charge < -0.3 is 20.1 Å². The van der Waals surface area contributed by atoms with Gasteiger partial charge in [0, 0.05) is 19.0 Å². The number of nitrogens with one attached hydrogen (secondary N) is 1. The zero-order chi connectivity index (χ0) is 23.8. The number of carboxylic acids is 1. The van der Waals surface area contributed by atoms with Gasteiger partial charge in [-0.05, 0) is 46.9 Å². The number of fused-ring (bicyclic) bond motifs is 3. The van der Waals surface area contributed by atoms with Gasteiger partial charge in [-0.2, -0.15) is 0 Å². The Morgan fingerprint density at radius 1 is 1.03 bits per heavy atom. The van der Waals surface area contributed by atoms with Gasteiger partial charge in [-0.15, -0.1) is 0 Å². The number of alkyl carbamates (subject to hydrolysis) is 1. The van der Waals surface area contributed by atoms with E-state index in [9.17, 15) is 19.5 Å². The van der Waals surface area contributed by atoms with E-state index in [1.165, 1.54) is 0 Å². The number of nitrogens with zero attached hydrogens (tertiary/aromatic N) is 1. The van der Waals surface area contributed by atoms with Crippen LogP contribution in [0.1, 0.15) is 43.2 Å². The van der Waals surface area contributed by atoms with Crippen LogP contribution in [-0.2, 0) is 14.3 Å². The highest BCUT2D eigenvalue weighted by molar-refractivity contribution is 5.87. The molecule has 1 saturated carbocycles. The van der Waals surface area contributed by atoms with Crippen LogP contribution in [0, 0.1) is 17.8 Å². The average molecular weight is 463 g/mol. The highest BCUT2D eigenvalue weighted by Gasteiger charge is 2.42. The van der Waals surface area contributed by atoms with Crippen LogP contribution in [-0.4, -0.2) is 53.7 Å². The molecule has 1 heterocycles. The van der Waals surface area contributed by atoms with Crippen molar-refractivity contribution >= 4 is 18.0 Å². The minimum Gasteiger partial charge on any atom is -0.481 e. The number of carbonyl (C=O) groups is 3. The van der Waals surface area contributed by atoms with Crippen LogP contribution in [0.15, 0.2) is 48.5 Å². The molecule has 1 saturated heterocycles. The van der Waals surface area contributed by atoms with E-state index in [1.807, 2.05) is 31.2 Å². The number of ether oxygens (including phenoxy) is 1. The Bertz CT molecular complexity index is 1070. The zero-order valence-corrected chi connectivity index (χ0v) is 19.3. The lowest BCUT2D eigenvalue weighted by Crippen LogP contribution is -2.53. The molecule has 34 heavy (non-hydrogen) atoms. The topological polar surface area (TPSA) is 95.9 Å². The minimum atomic E-state index is -0.882. The summed E-state index contributed by atoms with van der Waals surface area (Å²) >= 11 is 0. The van der Waals surface area contributed by atoms with Crippen molar-refractivity contribution in [3.8, 4) is 11.1 Å². The van der Waals surface area contributed by atoms with E-state index in [-0.39, 0.29) is 36.8 Å². The fraction of sp³-hybridized carbons (Fsp3) is 0.444. The molecule has 7 nitrogen and oxygen atoms in total. The molecule has 0 spiro atoms. The minimum absolute atomic E-state index is 0.0493. The summed E-state index contributed by atoms with van der Waals surface area (Å²) in [4.78, 5) is 39.2. The first-order chi connectivity index (χ1) is 16.4. The Morgan fingerprint density at radius 2 is 1.65 bits per heavy atom. The quantitative estimate of drug-likeness (QED) is 0.679. The molecule has 7 heteroatoms. The lowest BCUT2D eigenvalue weighted by atomic mass is 9.79. The molecule has 1 unspecified atom stereocenters. The first kappa shape index (κ1) is 22.4. The first-order valence-electron chi connectivity index (χ1n) is 12.1. The number of likely N-dealkylation sites (tertiary alicyclic amines) is 1. The molecule has 2 aromatic rings. The van der Waals surface area contributed by atoms with E-state index in [4.69, 9.17) is 4.74 Å². The SMILES string of the molecule is C[C@@H]1CN(C(=O)C(NC(=O)OCC2c3ccccc3-c3ccccc32)C2CCC2)C[C@H]1C(=O)O. The number of aliphatic carboxylic acids is 1. The van der Waals surface area contributed by atoms with Crippen LogP contribution in [0.25, 0.3) is 11.1 Å². The Kier molecular flexibility index (Phi) is 6.02. The van der Waals surface area contributed by atoms with Gasteiger partial charge in [0.25, 0.3) is 0 Å². The fourth-order valence-electron chi connectivity index (χ4n) is 5.59. The van der Waals surface area contributed by atoms with E-state index in [0.29, 0.717) is 6.54 Å². The molecule has 178 valence electrons. The van der Waals surface area contributed by atoms with Gasteiger partial charge in [0.1, 0.15) is 12.6 Å². The normalized spacial score (nSPS) is 22.4. The molecule has 0 radical (unpaired) electrons. The Balaban J connectivity index is 1.26. The number of benzene rings is 2. The van der Waals surface area contributed by atoms with Gasteiger partial charge >= 0.3 is 12.1 Å².